The first kappa shape index (κ1) is 54.9. The molecule has 0 radical (unpaired) electrons. The number of guanidine groups is 2. The van der Waals surface area contributed by atoms with Crippen LogP contribution in [0.2, 0.25) is 10.0 Å². The summed E-state index contributed by atoms with van der Waals surface area (Å²) in [6.45, 7) is 11.8. The molecule has 5 aromatic carbocycles. The standard InChI is InChI=1S/C14H11F8N.C9H13N3.C8H10ClN3.C8H11N.C7H8ClN/c15-11(16)7-6-10(23-9-4-2-1-3-5-9)12(8-11,13(17,18)19)14(20,21)22;1-6-4-3-5-7(2)8(6)12-9(10)11;1-5-3-2-4-6(9)7(5)12-8(10)11;1-6-4-3-5-7(2)8(6)9;1-5-3-2-4-6(8)7(5)9/h1-7,10,23H,8H2;3-5H,1-2H3,(H4,10,11,12);2-4H,1H3,(H4,10,11,12);3-5H,9H2,1-2H3;2-4H,9H2,1H3. The number of benzene rings is 5. The molecule has 1 unspecified atom stereocenters. The molecule has 6 rings (SSSR count). The maximum absolute atomic E-state index is 13.4. The first-order valence-electron chi connectivity index (χ1n) is 19.4. The molecule has 9 nitrogen and oxygen atoms in total. The Morgan fingerprint density at radius 3 is 1.32 bits per heavy atom. The molecule has 5 aromatic rings. The van der Waals surface area contributed by atoms with Crippen LogP contribution in [0.25, 0.3) is 0 Å². The summed E-state index contributed by atoms with van der Waals surface area (Å²) in [6.07, 6.45) is -13.9. The molecule has 0 amide bonds. The molecule has 1 atom stereocenters. The predicted octanol–water partition coefficient (Wildman–Crippen LogP) is 12.1. The summed E-state index contributed by atoms with van der Waals surface area (Å²) < 4.78 is 106. The largest absolute Gasteiger partial charge is 0.405 e. The molecule has 0 heterocycles. The average Bonchev–Trinajstić information content (AvgIpc) is 3.20. The Hall–Kier alpha value is -6.20. The van der Waals surface area contributed by atoms with Crippen LogP contribution >= 0.6 is 23.2 Å². The maximum Gasteiger partial charge on any atom is 0.405 e. The maximum atomic E-state index is 13.4. The topological polar surface area (TPSA) is 193 Å². The summed E-state index contributed by atoms with van der Waals surface area (Å²) in [4.78, 5) is 7.93. The number of allylic oxidation sites excluding steroid dienone is 1. The quantitative estimate of drug-likeness (QED) is 0.0306. The molecule has 1 aliphatic carbocycles. The fourth-order valence-electron chi connectivity index (χ4n) is 6.02. The Balaban J connectivity index is 0.000000296. The monoisotopic (exact) mass is 953 g/mol. The second-order valence-corrected chi connectivity index (χ2v) is 15.6. The molecule has 0 saturated heterocycles. The van der Waals surface area contributed by atoms with E-state index in [0.29, 0.717) is 21.4 Å². The van der Waals surface area contributed by atoms with E-state index >= 15 is 0 Å². The second kappa shape index (κ2) is 23.6. The highest BCUT2D eigenvalue weighted by Gasteiger charge is 2.76. The van der Waals surface area contributed by atoms with Gasteiger partial charge >= 0.3 is 12.4 Å². The highest BCUT2D eigenvalue weighted by atomic mass is 35.5. The van der Waals surface area contributed by atoms with E-state index in [-0.39, 0.29) is 29.8 Å². The minimum absolute atomic E-state index is 0.0196. The zero-order chi connectivity index (χ0) is 49.5. The van der Waals surface area contributed by atoms with Crippen molar-refractivity contribution in [2.24, 2.45) is 38.3 Å². The van der Waals surface area contributed by atoms with Crippen molar-refractivity contribution in [1.29, 1.82) is 0 Å². The van der Waals surface area contributed by atoms with Gasteiger partial charge in [0.2, 0.25) is 0 Å². The molecular formula is C46H53Cl2F8N9. The van der Waals surface area contributed by atoms with E-state index in [1.165, 1.54) is 30.3 Å². The average molecular weight is 955 g/mol. The van der Waals surface area contributed by atoms with Gasteiger partial charge in [-0.25, -0.2) is 18.8 Å². The van der Waals surface area contributed by atoms with Crippen LogP contribution in [0.1, 0.15) is 39.8 Å². The van der Waals surface area contributed by atoms with Crippen molar-refractivity contribution in [2.45, 2.75) is 72.3 Å². The Kier molecular flexibility index (Phi) is 20.0. The van der Waals surface area contributed by atoms with Crippen LogP contribution in [0.4, 0.5) is 63.6 Å². The van der Waals surface area contributed by atoms with Crippen LogP contribution in [0, 0.1) is 47.0 Å². The highest BCUT2D eigenvalue weighted by Crippen LogP contribution is 2.60. The van der Waals surface area contributed by atoms with E-state index in [2.05, 4.69) is 15.3 Å². The third kappa shape index (κ3) is 16.1. The Morgan fingerprint density at radius 2 is 0.938 bits per heavy atom. The van der Waals surface area contributed by atoms with Gasteiger partial charge in [-0.05, 0) is 105 Å². The Bertz CT molecular complexity index is 2200. The molecule has 19 heteroatoms. The zero-order valence-electron chi connectivity index (χ0n) is 36.4. The lowest BCUT2D eigenvalue weighted by molar-refractivity contribution is -0.356. The fraction of sp³-hybridized carbons (Fsp3) is 0.261. The molecule has 13 N–H and O–H groups in total. The number of hydrogen-bond acceptors (Lipinski definition) is 5. The number of halogens is 10. The van der Waals surface area contributed by atoms with Crippen molar-refractivity contribution in [3.05, 3.63) is 159 Å². The van der Waals surface area contributed by atoms with Crippen molar-refractivity contribution in [1.82, 2.24) is 0 Å². The van der Waals surface area contributed by atoms with Gasteiger partial charge in [-0.15, -0.1) is 0 Å². The van der Waals surface area contributed by atoms with Gasteiger partial charge in [0.05, 0.1) is 33.1 Å². The molecular weight excluding hydrogens is 901 g/mol. The van der Waals surface area contributed by atoms with Crippen molar-refractivity contribution in [3.8, 4) is 0 Å². The van der Waals surface area contributed by atoms with Gasteiger partial charge in [-0.1, -0.05) is 108 Å². The van der Waals surface area contributed by atoms with Crippen LogP contribution in [0.15, 0.2) is 125 Å². The van der Waals surface area contributed by atoms with E-state index in [9.17, 15) is 35.1 Å². The second-order valence-electron chi connectivity index (χ2n) is 14.7. The number of nitrogens with two attached hydrogens (primary N) is 6. The number of nitrogens with zero attached hydrogens (tertiary/aromatic N) is 2. The van der Waals surface area contributed by atoms with Gasteiger partial charge in [0.25, 0.3) is 5.92 Å². The number of aliphatic imine (C=N–C) groups is 2. The molecule has 0 bridgehead atoms. The van der Waals surface area contributed by atoms with E-state index in [0.717, 1.165) is 44.8 Å². The third-order valence-corrected chi connectivity index (χ3v) is 10.2. The first-order valence-corrected chi connectivity index (χ1v) is 20.1. The first-order chi connectivity index (χ1) is 30.0. The summed E-state index contributed by atoms with van der Waals surface area (Å²) in [5.41, 5.74) is 37.2. The van der Waals surface area contributed by atoms with Crippen LogP contribution in [-0.4, -0.2) is 36.2 Å². The lowest BCUT2D eigenvalue weighted by atomic mass is 9.70. The molecule has 0 fully saturated rings. The molecule has 0 spiro atoms. The Labute approximate surface area is 383 Å². The Morgan fingerprint density at radius 1 is 0.554 bits per heavy atom. The van der Waals surface area contributed by atoms with E-state index in [1.807, 2.05) is 102 Å². The molecule has 0 aliphatic heterocycles. The van der Waals surface area contributed by atoms with Crippen molar-refractivity contribution in [3.63, 3.8) is 0 Å². The van der Waals surface area contributed by atoms with Gasteiger partial charge in [0.1, 0.15) is 0 Å². The van der Waals surface area contributed by atoms with Gasteiger partial charge in [0.15, 0.2) is 17.3 Å². The molecule has 65 heavy (non-hydrogen) atoms. The predicted molar refractivity (Wildman–Crippen MR) is 251 cm³/mol. The number of hydrogen-bond donors (Lipinski definition) is 7. The van der Waals surface area contributed by atoms with Crippen molar-refractivity contribution in [2.75, 3.05) is 16.8 Å². The fourth-order valence-corrected chi connectivity index (χ4v) is 6.50. The summed E-state index contributed by atoms with van der Waals surface area (Å²) in [6, 6.07) is 27.5. The summed E-state index contributed by atoms with van der Waals surface area (Å²) in [7, 11) is 0. The van der Waals surface area contributed by atoms with Gasteiger partial charge in [-0.2, -0.15) is 26.3 Å². The van der Waals surface area contributed by atoms with Gasteiger partial charge in [0, 0.05) is 17.8 Å². The smallest absolute Gasteiger partial charge is 0.398 e. The van der Waals surface area contributed by atoms with E-state index < -0.39 is 36.2 Å². The van der Waals surface area contributed by atoms with Crippen LogP contribution in [0.3, 0.4) is 0 Å². The molecule has 352 valence electrons. The summed E-state index contributed by atoms with van der Waals surface area (Å²) in [5.74, 6) is -4.08. The minimum Gasteiger partial charge on any atom is -0.398 e. The number of anilines is 3. The number of nitrogen functional groups attached to an aromatic ring is 2. The van der Waals surface area contributed by atoms with Crippen molar-refractivity contribution >= 4 is 63.6 Å². The van der Waals surface area contributed by atoms with Crippen LogP contribution < -0.4 is 39.7 Å². The third-order valence-electron chi connectivity index (χ3n) is 9.61. The number of rotatable bonds is 4. The van der Waals surface area contributed by atoms with Gasteiger partial charge < -0.3 is 39.7 Å². The lowest BCUT2D eigenvalue weighted by Crippen LogP contribution is -2.62. The van der Waals surface area contributed by atoms with Gasteiger partial charge in [-0.3, -0.25) is 0 Å². The van der Waals surface area contributed by atoms with E-state index in [1.54, 1.807) is 12.1 Å². The molecule has 0 aromatic heterocycles. The van der Waals surface area contributed by atoms with E-state index in [4.69, 9.17) is 57.6 Å². The number of para-hydroxylation sites is 5. The highest BCUT2D eigenvalue weighted by molar-refractivity contribution is 6.33. The number of alkyl halides is 8. The lowest BCUT2D eigenvalue weighted by Gasteiger charge is -2.45. The van der Waals surface area contributed by atoms with Crippen LogP contribution in [-0.2, 0) is 0 Å². The SMILES string of the molecule is Cc1cccc(C)c1N.Cc1cccc(C)c1N=C(N)N.Cc1cccc(Cl)c1N.Cc1cccc(Cl)c1N=C(N)N.FC1(F)C=CC(Nc2ccccc2)C(C(F)(F)F)(C(F)(F)F)C1. The number of nitrogens with one attached hydrogen (secondary N) is 1. The number of aryl methyl sites for hydroxylation is 6. The van der Waals surface area contributed by atoms with Crippen molar-refractivity contribution < 1.29 is 35.1 Å². The summed E-state index contributed by atoms with van der Waals surface area (Å²) >= 11 is 11.5. The minimum atomic E-state index is -5.91. The normalized spacial score (nSPS) is 14.5. The zero-order valence-corrected chi connectivity index (χ0v) is 37.9. The van der Waals surface area contributed by atoms with Crippen LogP contribution in [0.5, 0.6) is 0 Å². The molecule has 1 aliphatic rings. The molecule has 0 saturated carbocycles. The summed E-state index contributed by atoms with van der Waals surface area (Å²) in [5, 5.41) is 3.26.